The van der Waals surface area contributed by atoms with Crippen molar-refractivity contribution < 1.29 is 22.7 Å². The Labute approximate surface area is 301 Å². The summed E-state index contributed by atoms with van der Waals surface area (Å²) in [5.41, 5.74) is 0.853. The zero-order valence-corrected chi connectivity index (χ0v) is 31.0. The Morgan fingerprint density at radius 1 is 0.875 bits per heavy atom. The van der Waals surface area contributed by atoms with Crippen molar-refractivity contribution in [3.63, 3.8) is 0 Å². The minimum absolute atomic E-state index is 0.0144. The summed E-state index contributed by atoms with van der Waals surface area (Å²) >= 11 is 16.5. The van der Waals surface area contributed by atoms with Crippen LogP contribution in [0.4, 0.5) is 5.69 Å². The van der Waals surface area contributed by atoms with Gasteiger partial charge in [-0.1, -0.05) is 75.5 Å². The lowest BCUT2D eigenvalue weighted by Gasteiger charge is -2.35. The Hall–Kier alpha value is -3.57. The fraction of sp³-hybridized carbons (Fsp3) is 0.278. The van der Waals surface area contributed by atoms with Crippen LogP contribution in [0.2, 0.25) is 10.0 Å². The number of amides is 2. The zero-order valence-electron chi connectivity index (χ0n) is 27.1. The number of hydrogen-bond donors (Lipinski definition) is 1. The Morgan fingerprint density at radius 3 is 2.04 bits per heavy atom. The van der Waals surface area contributed by atoms with E-state index in [1.807, 2.05) is 58.0 Å². The van der Waals surface area contributed by atoms with Crippen molar-refractivity contribution in [2.45, 2.75) is 57.1 Å². The molecule has 0 spiro atoms. The molecule has 0 heterocycles. The first kappa shape index (κ1) is 37.3. The molecule has 1 atom stereocenters. The predicted molar refractivity (Wildman–Crippen MR) is 195 cm³/mol. The Kier molecular flexibility index (Phi) is 12.6. The third-order valence-electron chi connectivity index (χ3n) is 7.28. The fourth-order valence-electron chi connectivity index (χ4n) is 5.00. The number of halogens is 3. The number of rotatable bonds is 13. The molecule has 4 aromatic rings. The van der Waals surface area contributed by atoms with Gasteiger partial charge in [0.1, 0.15) is 18.3 Å². The molecular formula is C36H38BrCl2N3O5S. The van der Waals surface area contributed by atoms with E-state index in [1.165, 1.54) is 17.0 Å². The summed E-state index contributed by atoms with van der Waals surface area (Å²) in [5.74, 6) is -0.498. The highest BCUT2D eigenvalue weighted by molar-refractivity contribution is 9.10. The van der Waals surface area contributed by atoms with Crippen LogP contribution in [0.25, 0.3) is 0 Å². The number of sulfonamides is 1. The number of nitrogens with one attached hydrogen (secondary N) is 1. The molecule has 12 heteroatoms. The second kappa shape index (κ2) is 16.2. The Bertz CT molecular complexity index is 1800. The number of nitrogens with zero attached hydrogens (tertiary/aromatic N) is 2. The number of hydrogen-bond acceptors (Lipinski definition) is 5. The summed E-state index contributed by atoms with van der Waals surface area (Å²) in [4.78, 5) is 30.1. The molecular weight excluding hydrogens is 737 g/mol. The molecule has 0 bridgehead atoms. The maximum Gasteiger partial charge on any atom is 0.264 e. The highest BCUT2D eigenvalue weighted by Gasteiger charge is 2.36. The van der Waals surface area contributed by atoms with Gasteiger partial charge in [-0.25, -0.2) is 8.42 Å². The molecule has 8 nitrogen and oxygen atoms in total. The average Bonchev–Trinajstić information content (AvgIpc) is 3.03. The number of benzene rings is 4. The Balaban J connectivity index is 1.85. The highest BCUT2D eigenvalue weighted by atomic mass is 79.9. The van der Waals surface area contributed by atoms with Crippen LogP contribution in [-0.4, -0.2) is 49.9 Å². The van der Waals surface area contributed by atoms with Gasteiger partial charge in [0, 0.05) is 38.6 Å². The van der Waals surface area contributed by atoms with Crippen molar-refractivity contribution in [2.24, 2.45) is 0 Å². The maximum atomic E-state index is 14.7. The van der Waals surface area contributed by atoms with Crippen molar-refractivity contribution in [1.82, 2.24) is 10.2 Å². The van der Waals surface area contributed by atoms with E-state index in [2.05, 4.69) is 21.2 Å². The van der Waals surface area contributed by atoms with Gasteiger partial charge >= 0.3 is 0 Å². The normalized spacial score (nSPS) is 12.2. The SMILES string of the molecule is CCOc1ccc(N(CC(=O)N(Cc2c(Cl)cccc2Cl)[C@@H](Cc2ccccc2)C(=O)NC(C)(C)C)S(=O)(=O)c2ccc(Br)cc2)cc1. The average molecular weight is 776 g/mol. The number of carbonyl (C=O) groups is 2. The van der Waals surface area contributed by atoms with Crippen molar-refractivity contribution in [3.8, 4) is 5.75 Å². The van der Waals surface area contributed by atoms with Gasteiger partial charge in [0.2, 0.25) is 11.8 Å². The summed E-state index contributed by atoms with van der Waals surface area (Å²) < 4.78 is 35.8. The third-order valence-corrected chi connectivity index (χ3v) is 10.3. The summed E-state index contributed by atoms with van der Waals surface area (Å²) in [6.45, 7) is 7.04. The van der Waals surface area contributed by atoms with E-state index >= 15 is 0 Å². The molecule has 0 aliphatic rings. The van der Waals surface area contributed by atoms with Crippen LogP contribution in [-0.2, 0) is 32.6 Å². The standard InChI is InChI=1S/C36H38BrCl2N3O5S/c1-5-47-28-18-16-27(17-19-28)42(48(45,46)29-20-14-26(37)15-21-29)24-34(43)41(23-30-31(38)12-9-13-32(30)39)33(35(44)40-36(2,3)4)22-25-10-7-6-8-11-25/h6-21,33H,5,22-24H2,1-4H3,(H,40,44)/t33-/m0/s1. The van der Waals surface area contributed by atoms with Gasteiger partial charge in [-0.15, -0.1) is 0 Å². The molecule has 0 aromatic heterocycles. The van der Waals surface area contributed by atoms with E-state index < -0.39 is 40.0 Å². The van der Waals surface area contributed by atoms with Crippen LogP contribution in [0.5, 0.6) is 5.75 Å². The Morgan fingerprint density at radius 2 is 1.48 bits per heavy atom. The van der Waals surface area contributed by atoms with Gasteiger partial charge in [-0.05, 0) is 93.9 Å². The van der Waals surface area contributed by atoms with Crippen molar-refractivity contribution in [3.05, 3.63) is 123 Å². The molecule has 1 N–H and O–H groups in total. The molecule has 0 saturated carbocycles. The molecule has 254 valence electrons. The van der Waals surface area contributed by atoms with Crippen LogP contribution in [0.3, 0.4) is 0 Å². The summed E-state index contributed by atoms with van der Waals surface area (Å²) in [7, 11) is -4.28. The van der Waals surface area contributed by atoms with Crippen LogP contribution in [0, 0.1) is 0 Å². The van der Waals surface area contributed by atoms with E-state index in [4.69, 9.17) is 27.9 Å². The van der Waals surface area contributed by atoms with Crippen molar-refractivity contribution in [2.75, 3.05) is 17.5 Å². The molecule has 0 fully saturated rings. The molecule has 0 saturated heterocycles. The van der Waals surface area contributed by atoms with Crippen LogP contribution in [0.1, 0.15) is 38.8 Å². The smallest absolute Gasteiger partial charge is 0.264 e. The van der Waals surface area contributed by atoms with E-state index in [0.717, 1.165) is 9.87 Å². The lowest BCUT2D eigenvalue weighted by atomic mass is 10.0. The molecule has 0 unspecified atom stereocenters. The van der Waals surface area contributed by atoms with Gasteiger partial charge in [-0.3, -0.25) is 13.9 Å². The lowest BCUT2D eigenvalue weighted by Crippen LogP contribution is -2.56. The number of anilines is 1. The van der Waals surface area contributed by atoms with E-state index in [9.17, 15) is 18.0 Å². The van der Waals surface area contributed by atoms with Gasteiger partial charge in [0.05, 0.1) is 17.2 Å². The molecule has 4 aromatic carbocycles. The van der Waals surface area contributed by atoms with Crippen LogP contribution >= 0.6 is 39.1 Å². The van der Waals surface area contributed by atoms with E-state index in [0.29, 0.717) is 32.4 Å². The minimum Gasteiger partial charge on any atom is -0.494 e. The summed E-state index contributed by atoms with van der Waals surface area (Å²) in [6.07, 6.45) is 0.152. The first-order valence-corrected chi connectivity index (χ1v) is 18.3. The second-order valence-electron chi connectivity index (χ2n) is 12.1. The van der Waals surface area contributed by atoms with Gasteiger partial charge in [0.15, 0.2) is 0 Å². The fourth-order valence-corrected chi connectivity index (χ4v) is 7.19. The minimum atomic E-state index is -4.28. The van der Waals surface area contributed by atoms with Gasteiger partial charge < -0.3 is 15.0 Å². The van der Waals surface area contributed by atoms with Crippen LogP contribution < -0.4 is 14.4 Å². The van der Waals surface area contributed by atoms with Crippen molar-refractivity contribution in [1.29, 1.82) is 0 Å². The highest BCUT2D eigenvalue weighted by Crippen LogP contribution is 2.30. The molecule has 0 aliphatic heterocycles. The maximum absolute atomic E-state index is 14.7. The quantitative estimate of drug-likeness (QED) is 0.149. The summed E-state index contributed by atoms with van der Waals surface area (Å²) in [5, 5.41) is 3.62. The number of carbonyl (C=O) groups excluding carboxylic acids is 2. The lowest BCUT2D eigenvalue weighted by molar-refractivity contribution is -0.140. The van der Waals surface area contributed by atoms with Crippen LogP contribution in [0.15, 0.2) is 106 Å². The number of ether oxygens (including phenoxy) is 1. The monoisotopic (exact) mass is 773 g/mol. The van der Waals surface area contributed by atoms with Gasteiger partial charge in [0.25, 0.3) is 10.0 Å². The van der Waals surface area contributed by atoms with Crippen molar-refractivity contribution >= 4 is 66.7 Å². The molecule has 0 aliphatic carbocycles. The molecule has 0 radical (unpaired) electrons. The first-order valence-electron chi connectivity index (χ1n) is 15.3. The zero-order chi connectivity index (χ0) is 35.1. The van der Waals surface area contributed by atoms with Gasteiger partial charge in [-0.2, -0.15) is 0 Å². The first-order chi connectivity index (χ1) is 22.7. The molecule has 4 rings (SSSR count). The largest absolute Gasteiger partial charge is 0.494 e. The second-order valence-corrected chi connectivity index (χ2v) is 15.7. The molecule has 48 heavy (non-hydrogen) atoms. The van der Waals surface area contributed by atoms with E-state index in [1.54, 1.807) is 54.6 Å². The summed E-state index contributed by atoms with van der Waals surface area (Å²) in [6, 6.07) is 25.8. The topological polar surface area (TPSA) is 96.0 Å². The molecule has 2 amide bonds. The van der Waals surface area contributed by atoms with E-state index in [-0.39, 0.29) is 23.5 Å². The predicted octanol–water partition coefficient (Wildman–Crippen LogP) is 7.90. The third kappa shape index (κ3) is 9.75.